The molecule has 0 unspecified atom stereocenters. The van der Waals surface area contributed by atoms with Gasteiger partial charge in [-0.25, -0.2) is 13.1 Å². The van der Waals surface area contributed by atoms with E-state index in [-0.39, 0.29) is 24.0 Å². The summed E-state index contributed by atoms with van der Waals surface area (Å²) in [7, 11) is -0.657. The number of rotatable bonds is 5. The van der Waals surface area contributed by atoms with E-state index in [1.807, 2.05) is 0 Å². The van der Waals surface area contributed by atoms with Gasteiger partial charge >= 0.3 is 0 Å². The van der Waals surface area contributed by atoms with E-state index in [1.165, 1.54) is 17.0 Å². The van der Waals surface area contributed by atoms with E-state index in [0.29, 0.717) is 12.0 Å². The molecule has 0 aliphatic carbocycles. The number of hydrogen-bond donors (Lipinski definition) is 2. The Kier molecular flexibility index (Phi) is 6.37. The first-order valence-corrected chi connectivity index (χ1v) is 7.75. The van der Waals surface area contributed by atoms with Crippen LogP contribution in [0.5, 0.6) is 0 Å². The van der Waals surface area contributed by atoms with E-state index in [9.17, 15) is 13.2 Å². The molecule has 1 aromatic carbocycles. The Hall–Kier alpha value is -1.88. The van der Waals surface area contributed by atoms with Crippen LogP contribution in [0.25, 0.3) is 0 Å². The van der Waals surface area contributed by atoms with Crippen LogP contribution >= 0.6 is 0 Å². The number of nitrogens with zero attached hydrogens (tertiary/aromatic N) is 1. The van der Waals surface area contributed by atoms with Gasteiger partial charge in [-0.3, -0.25) is 4.79 Å². The van der Waals surface area contributed by atoms with E-state index in [1.54, 1.807) is 26.2 Å². The Labute approximate surface area is 124 Å². The number of carbonyl (C=O) groups excluding carboxylic acids is 1. The molecule has 0 aliphatic heterocycles. The molecule has 2 N–H and O–H groups in total. The average Bonchev–Trinajstić information content (AvgIpc) is 2.45. The summed E-state index contributed by atoms with van der Waals surface area (Å²) >= 11 is 0. The summed E-state index contributed by atoms with van der Waals surface area (Å²) < 4.78 is 26.4. The highest BCUT2D eigenvalue weighted by Gasteiger charge is 2.16. The molecule has 0 aliphatic rings. The zero-order valence-corrected chi connectivity index (χ0v) is 12.8. The van der Waals surface area contributed by atoms with E-state index >= 15 is 0 Å². The quantitative estimate of drug-likeness (QED) is 0.737. The fourth-order valence-corrected chi connectivity index (χ4v) is 2.38. The van der Waals surface area contributed by atoms with Crippen LogP contribution in [-0.4, -0.2) is 51.6 Å². The molecule has 1 rings (SSSR count). The Bertz CT molecular complexity index is 657. The molecule has 6 nitrogen and oxygen atoms in total. The van der Waals surface area contributed by atoms with E-state index < -0.39 is 10.0 Å². The van der Waals surface area contributed by atoms with Crippen molar-refractivity contribution in [2.24, 2.45) is 0 Å². The molecule has 0 atom stereocenters. The van der Waals surface area contributed by atoms with Crippen LogP contribution in [0.4, 0.5) is 0 Å². The third-order valence-electron chi connectivity index (χ3n) is 2.53. The lowest BCUT2D eigenvalue weighted by atomic mass is 10.2. The van der Waals surface area contributed by atoms with Crippen LogP contribution in [-0.2, 0) is 14.8 Å². The van der Waals surface area contributed by atoms with Gasteiger partial charge in [0.15, 0.2) is 0 Å². The normalized spacial score (nSPS) is 10.6. The molecular formula is C14H18N2O4S. The second-order valence-electron chi connectivity index (χ2n) is 4.42. The van der Waals surface area contributed by atoms with Gasteiger partial charge in [0.25, 0.3) is 0 Å². The third-order valence-corrected chi connectivity index (χ3v) is 3.92. The summed E-state index contributed by atoms with van der Waals surface area (Å²) in [4.78, 5) is 12.8. The van der Waals surface area contributed by atoms with Crippen molar-refractivity contribution in [3.8, 4) is 11.8 Å². The first-order valence-electron chi connectivity index (χ1n) is 6.26. The maximum absolute atomic E-state index is 12.1. The Balaban J connectivity index is 2.87. The molecule has 0 spiro atoms. The van der Waals surface area contributed by atoms with Crippen LogP contribution in [0.1, 0.15) is 12.0 Å². The fraction of sp³-hybridized carbons (Fsp3) is 0.357. The Morgan fingerprint density at radius 3 is 2.71 bits per heavy atom. The minimum atomic E-state index is -3.76. The Morgan fingerprint density at radius 2 is 2.10 bits per heavy atom. The lowest BCUT2D eigenvalue weighted by Gasteiger charge is -2.11. The number of likely N-dealkylation sites (N-methyl/N-ethyl adjacent to an activating group) is 1. The average molecular weight is 310 g/mol. The number of benzene rings is 1. The van der Waals surface area contributed by atoms with Gasteiger partial charge < -0.3 is 10.0 Å². The van der Waals surface area contributed by atoms with Crippen molar-refractivity contribution in [2.75, 3.05) is 27.2 Å². The molecule has 0 saturated heterocycles. The summed E-state index contributed by atoms with van der Waals surface area (Å²) in [5.41, 5.74) is 0.533. The number of nitrogens with one attached hydrogen (secondary N) is 1. The van der Waals surface area contributed by atoms with Crippen LogP contribution in [0.15, 0.2) is 29.2 Å². The number of aliphatic hydroxyl groups excluding tert-OH is 1. The molecule has 0 bridgehead atoms. The van der Waals surface area contributed by atoms with Crippen LogP contribution in [0.3, 0.4) is 0 Å². The molecule has 1 aromatic rings. The number of carbonyl (C=O) groups is 1. The zero-order valence-electron chi connectivity index (χ0n) is 12.0. The number of amides is 1. The largest absolute Gasteiger partial charge is 0.395 e. The molecule has 0 aromatic heterocycles. The van der Waals surface area contributed by atoms with Gasteiger partial charge in [0, 0.05) is 26.1 Å². The molecule has 0 heterocycles. The van der Waals surface area contributed by atoms with Gasteiger partial charge in [0.05, 0.1) is 18.0 Å². The van der Waals surface area contributed by atoms with Crippen LogP contribution < -0.4 is 4.72 Å². The monoisotopic (exact) mass is 310 g/mol. The fourth-order valence-electron chi connectivity index (χ4n) is 1.36. The second kappa shape index (κ2) is 7.78. The summed E-state index contributed by atoms with van der Waals surface area (Å²) in [6.45, 7) is -0.338. The summed E-state index contributed by atoms with van der Waals surface area (Å²) in [6.07, 6.45) is 0.326. The van der Waals surface area contributed by atoms with Gasteiger partial charge in [-0.2, -0.15) is 0 Å². The minimum absolute atomic E-state index is 0.0425. The van der Waals surface area contributed by atoms with Gasteiger partial charge in [0.1, 0.15) is 0 Å². The molecular weight excluding hydrogens is 292 g/mol. The predicted octanol–water partition coefficient (Wildman–Crippen LogP) is -0.213. The van der Waals surface area contributed by atoms with Crippen molar-refractivity contribution < 1.29 is 18.3 Å². The smallest absolute Gasteiger partial charge is 0.241 e. The van der Waals surface area contributed by atoms with Crippen molar-refractivity contribution in [1.29, 1.82) is 0 Å². The maximum atomic E-state index is 12.1. The predicted molar refractivity (Wildman–Crippen MR) is 78.9 cm³/mol. The molecule has 21 heavy (non-hydrogen) atoms. The lowest BCUT2D eigenvalue weighted by molar-refractivity contribution is -0.127. The first kappa shape index (κ1) is 17.2. The second-order valence-corrected chi connectivity index (χ2v) is 6.18. The summed E-state index contributed by atoms with van der Waals surface area (Å²) in [5, 5.41) is 8.65. The van der Waals surface area contributed by atoms with Crippen molar-refractivity contribution >= 4 is 15.9 Å². The molecule has 0 radical (unpaired) electrons. The molecule has 0 fully saturated rings. The van der Waals surface area contributed by atoms with Gasteiger partial charge in [-0.05, 0) is 18.2 Å². The van der Waals surface area contributed by atoms with Gasteiger partial charge in [-0.15, -0.1) is 0 Å². The molecule has 0 saturated carbocycles. The van der Waals surface area contributed by atoms with E-state index in [0.717, 1.165) is 0 Å². The molecule has 1 amide bonds. The van der Waals surface area contributed by atoms with Crippen LogP contribution in [0, 0.1) is 11.8 Å². The van der Waals surface area contributed by atoms with Crippen molar-refractivity contribution in [1.82, 2.24) is 9.62 Å². The lowest BCUT2D eigenvalue weighted by Crippen LogP contribution is -2.36. The van der Waals surface area contributed by atoms with Crippen LogP contribution in [0.2, 0.25) is 0 Å². The maximum Gasteiger partial charge on any atom is 0.241 e. The van der Waals surface area contributed by atoms with E-state index in [2.05, 4.69) is 16.6 Å². The van der Waals surface area contributed by atoms with Crippen molar-refractivity contribution in [3.05, 3.63) is 29.8 Å². The minimum Gasteiger partial charge on any atom is -0.395 e. The molecule has 114 valence electrons. The first-order chi connectivity index (χ1) is 9.86. The topological polar surface area (TPSA) is 86.7 Å². The highest BCUT2D eigenvalue weighted by atomic mass is 32.2. The Morgan fingerprint density at radius 1 is 1.38 bits per heavy atom. The SMILES string of the molecule is CN(C)C(=O)CNS(=O)(=O)c1cccc(C#CCCO)c1. The number of aliphatic hydroxyl groups is 1. The van der Waals surface area contributed by atoms with Crippen molar-refractivity contribution in [3.63, 3.8) is 0 Å². The number of hydrogen-bond acceptors (Lipinski definition) is 4. The van der Waals surface area contributed by atoms with Gasteiger partial charge in [-0.1, -0.05) is 17.9 Å². The third kappa shape index (κ3) is 5.55. The number of sulfonamides is 1. The molecule has 7 heteroatoms. The van der Waals surface area contributed by atoms with Crippen molar-refractivity contribution in [2.45, 2.75) is 11.3 Å². The zero-order chi connectivity index (χ0) is 15.9. The van der Waals surface area contributed by atoms with E-state index in [4.69, 9.17) is 5.11 Å². The van der Waals surface area contributed by atoms with Gasteiger partial charge in [0.2, 0.25) is 15.9 Å². The highest BCUT2D eigenvalue weighted by Crippen LogP contribution is 2.10. The summed E-state index contributed by atoms with van der Waals surface area (Å²) in [5.74, 6) is 5.15. The summed E-state index contributed by atoms with van der Waals surface area (Å²) in [6, 6.07) is 6.10. The standard InChI is InChI=1S/C14H18N2O4S/c1-16(2)14(18)11-15-21(19,20)13-8-5-7-12(10-13)6-3-4-9-17/h5,7-8,10,15,17H,4,9,11H2,1-2H3. The highest BCUT2D eigenvalue weighted by molar-refractivity contribution is 7.89.